The third-order valence-electron chi connectivity index (χ3n) is 3.39. The summed E-state index contributed by atoms with van der Waals surface area (Å²) < 4.78 is 5.81. The molecule has 0 bridgehead atoms. The Morgan fingerprint density at radius 1 is 1.39 bits per heavy atom. The summed E-state index contributed by atoms with van der Waals surface area (Å²) in [6.45, 7) is 4.62. The molecule has 0 radical (unpaired) electrons. The first-order chi connectivity index (χ1) is 8.44. The largest absolute Gasteiger partial charge is 0.478 e. The summed E-state index contributed by atoms with van der Waals surface area (Å²) in [4.78, 5) is 13.9. The molecule has 0 spiro atoms. The second kappa shape index (κ2) is 4.61. The van der Waals surface area contributed by atoms with Gasteiger partial charge in [0.1, 0.15) is 5.75 Å². The highest BCUT2D eigenvalue weighted by Gasteiger charge is 2.35. The van der Waals surface area contributed by atoms with Crippen molar-refractivity contribution in [1.29, 1.82) is 0 Å². The van der Waals surface area contributed by atoms with Crippen molar-refractivity contribution in [3.05, 3.63) is 24.3 Å². The van der Waals surface area contributed by atoms with Crippen molar-refractivity contribution in [3.63, 3.8) is 0 Å². The maximum atomic E-state index is 12.2. The second-order valence-electron chi connectivity index (χ2n) is 5.54. The Kier molecular flexibility index (Phi) is 3.30. The molecule has 1 amide bonds. The number of rotatable bonds is 3. The van der Waals surface area contributed by atoms with Crippen LogP contribution in [0.2, 0.25) is 0 Å². The van der Waals surface area contributed by atoms with Gasteiger partial charge in [0.2, 0.25) is 0 Å². The lowest BCUT2D eigenvalue weighted by atomic mass is 9.86. The van der Waals surface area contributed by atoms with Gasteiger partial charge in [0.25, 0.3) is 5.91 Å². The number of para-hydroxylation sites is 2. The van der Waals surface area contributed by atoms with Crippen LogP contribution in [0.15, 0.2) is 24.3 Å². The number of carbonyl (C=O) groups is 1. The van der Waals surface area contributed by atoms with Gasteiger partial charge in [-0.25, -0.2) is 0 Å². The molecular formula is C14H20N2O2. The topological polar surface area (TPSA) is 55.6 Å². The first-order valence-corrected chi connectivity index (χ1v) is 6.18. The SMILES string of the molecule is CN1C(=O)C(CC(C)(C)CN)Oc2ccccc21. The van der Waals surface area contributed by atoms with Crippen LogP contribution < -0.4 is 15.4 Å². The molecule has 1 atom stereocenters. The van der Waals surface area contributed by atoms with Crippen LogP contribution in [-0.4, -0.2) is 25.6 Å². The van der Waals surface area contributed by atoms with Gasteiger partial charge in [-0.1, -0.05) is 26.0 Å². The van der Waals surface area contributed by atoms with Crippen LogP contribution in [0.4, 0.5) is 5.69 Å². The number of nitrogens with two attached hydrogens (primary N) is 1. The minimum absolute atomic E-state index is 0.00442. The van der Waals surface area contributed by atoms with Crippen LogP contribution >= 0.6 is 0 Å². The van der Waals surface area contributed by atoms with Crippen LogP contribution in [0.1, 0.15) is 20.3 Å². The molecule has 1 aromatic rings. The average molecular weight is 248 g/mol. The monoisotopic (exact) mass is 248 g/mol. The minimum Gasteiger partial charge on any atom is -0.478 e. The summed E-state index contributed by atoms with van der Waals surface area (Å²) in [7, 11) is 1.78. The van der Waals surface area contributed by atoms with Crippen LogP contribution in [0.5, 0.6) is 5.75 Å². The molecule has 0 saturated heterocycles. The molecule has 98 valence electrons. The normalized spacial score (nSPS) is 19.4. The van der Waals surface area contributed by atoms with Gasteiger partial charge in [-0.2, -0.15) is 0 Å². The van der Waals surface area contributed by atoms with Gasteiger partial charge in [0, 0.05) is 7.05 Å². The van der Waals surface area contributed by atoms with Crippen molar-refractivity contribution >= 4 is 11.6 Å². The highest BCUT2D eigenvalue weighted by atomic mass is 16.5. The van der Waals surface area contributed by atoms with E-state index in [1.807, 2.05) is 38.1 Å². The lowest BCUT2D eigenvalue weighted by Crippen LogP contribution is -2.46. The lowest BCUT2D eigenvalue weighted by molar-refractivity contribution is -0.127. The number of fused-ring (bicyclic) bond motifs is 1. The lowest BCUT2D eigenvalue weighted by Gasteiger charge is -2.35. The Hall–Kier alpha value is -1.55. The molecule has 1 aromatic carbocycles. The van der Waals surface area contributed by atoms with Crippen LogP contribution in [0.3, 0.4) is 0 Å². The van der Waals surface area contributed by atoms with Gasteiger partial charge in [-0.05, 0) is 30.5 Å². The third-order valence-corrected chi connectivity index (χ3v) is 3.39. The number of likely N-dealkylation sites (N-methyl/N-ethyl adjacent to an activating group) is 1. The molecule has 18 heavy (non-hydrogen) atoms. The van der Waals surface area contributed by atoms with Gasteiger partial charge in [0.15, 0.2) is 6.10 Å². The first-order valence-electron chi connectivity index (χ1n) is 6.18. The summed E-state index contributed by atoms with van der Waals surface area (Å²) >= 11 is 0. The predicted octanol–water partition coefficient (Wildman–Crippen LogP) is 1.79. The molecule has 0 aromatic heterocycles. The Balaban J connectivity index is 2.25. The maximum Gasteiger partial charge on any atom is 0.267 e. The van der Waals surface area contributed by atoms with Gasteiger partial charge in [-0.3, -0.25) is 4.79 Å². The molecule has 2 rings (SSSR count). The minimum atomic E-state index is -0.441. The summed E-state index contributed by atoms with van der Waals surface area (Å²) in [6, 6.07) is 7.59. The van der Waals surface area contributed by atoms with E-state index in [0.29, 0.717) is 13.0 Å². The summed E-state index contributed by atoms with van der Waals surface area (Å²) in [5, 5.41) is 0. The van der Waals surface area contributed by atoms with Crippen molar-refractivity contribution in [2.24, 2.45) is 11.1 Å². The van der Waals surface area contributed by atoms with E-state index in [0.717, 1.165) is 11.4 Å². The summed E-state index contributed by atoms with van der Waals surface area (Å²) in [6.07, 6.45) is 0.185. The molecule has 1 aliphatic rings. The van der Waals surface area contributed by atoms with Gasteiger partial charge < -0.3 is 15.4 Å². The zero-order valence-corrected chi connectivity index (χ0v) is 11.1. The number of hydrogen-bond acceptors (Lipinski definition) is 3. The fraction of sp³-hybridized carbons (Fsp3) is 0.500. The van der Waals surface area contributed by atoms with E-state index >= 15 is 0 Å². The van der Waals surface area contributed by atoms with E-state index in [2.05, 4.69) is 0 Å². The average Bonchev–Trinajstić information content (AvgIpc) is 2.35. The molecule has 0 fully saturated rings. The zero-order valence-electron chi connectivity index (χ0n) is 11.1. The Morgan fingerprint density at radius 2 is 2.06 bits per heavy atom. The van der Waals surface area contributed by atoms with Crippen molar-refractivity contribution in [1.82, 2.24) is 0 Å². The Bertz CT molecular complexity index is 457. The zero-order chi connectivity index (χ0) is 13.3. The van der Waals surface area contributed by atoms with E-state index < -0.39 is 6.10 Å². The van der Waals surface area contributed by atoms with Crippen molar-refractivity contribution < 1.29 is 9.53 Å². The van der Waals surface area contributed by atoms with Crippen LogP contribution in [0.25, 0.3) is 0 Å². The maximum absolute atomic E-state index is 12.2. The Morgan fingerprint density at radius 3 is 2.72 bits per heavy atom. The first kappa shape index (κ1) is 12.9. The Labute approximate surface area is 108 Å². The standard InChI is InChI=1S/C14H20N2O2/c1-14(2,9-15)8-12-13(17)16(3)10-6-4-5-7-11(10)18-12/h4-7,12H,8-9,15H2,1-3H3. The highest BCUT2D eigenvalue weighted by Crippen LogP contribution is 2.35. The summed E-state index contributed by atoms with van der Waals surface area (Å²) in [5.41, 5.74) is 6.44. The predicted molar refractivity (Wildman–Crippen MR) is 71.7 cm³/mol. The fourth-order valence-electron chi connectivity index (χ4n) is 2.09. The van der Waals surface area contributed by atoms with E-state index in [4.69, 9.17) is 10.5 Å². The fourth-order valence-corrected chi connectivity index (χ4v) is 2.09. The molecule has 0 aliphatic carbocycles. The van der Waals surface area contributed by atoms with E-state index in [9.17, 15) is 4.79 Å². The highest BCUT2D eigenvalue weighted by molar-refractivity contribution is 5.99. The molecule has 1 unspecified atom stereocenters. The third kappa shape index (κ3) is 2.34. The molecule has 1 aliphatic heterocycles. The van der Waals surface area contributed by atoms with Crippen LogP contribution in [0, 0.1) is 5.41 Å². The molecule has 0 saturated carbocycles. The number of hydrogen-bond donors (Lipinski definition) is 1. The number of anilines is 1. The van der Waals surface area contributed by atoms with Gasteiger partial charge in [0.05, 0.1) is 5.69 Å². The number of carbonyl (C=O) groups excluding carboxylic acids is 1. The molecule has 2 N–H and O–H groups in total. The van der Waals surface area contributed by atoms with E-state index in [1.54, 1.807) is 11.9 Å². The van der Waals surface area contributed by atoms with Crippen molar-refractivity contribution in [2.75, 3.05) is 18.5 Å². The summed E-state index contributed by atoms with van der Waals surface area (Å²) in [5.74, 6) is 0.757. The van der Waals surface area contributed by atoms with Gasteiger partial charge >= 0.3 is 0 Å². The number of amides is 1. The van der Waals surface area contributed by atoms with E-state index in [1.165, 1.54) is 0 Å². The molecular weight excluding hydrogens is 228 g/mol. The molecule has 4 nitrogen and oxygen atoms in total. The number of nitrogens with zero attached hydrogens (tertiary/aromatic N) is 1. The van der Waals surface area contributed by atoms with Crippen LogP contribution in [-0.2, 0) is 4.79 Å². The van der Waals surface area contributed by atoms with Crippen molar-refractivity contribution in [3.8, 4) is 5.75 Å². The van der Waals surface area contributed by atoms with Gasteiger partial charge in [-0.15, -0.1) is 0 Å². The smallest absolute Gasteiger partial charge is 0.267 e. The molecule has 1 heterocycles. The molecule has 4 heteroatoms. The number of ether oxygens (including phenoxy) is 1. The van der Waals surface area contributed by atoms with E-state index in [-0.39, 0.29) is 11.3 Å². The van der Waals surface area contributed by atoms with Crippen molar-refractivity contribution in [2.45, 2.75) is 26.4 Å². The number of benzene rings is 1. The quantitative estimate of drug-likeness (QED) is 0.887. The second-order valence-corrected chi connectivity index (χ2v) is 5.54.